The molecule has 0 aromatic heterocycles. The zero-order valence-electron chi connectivity index (χ0n) is 17.4. The van der Waals surface area contributed by atoms with E-state index in [2.05, 4.69) is 53.4 Å². The molecule has 0 aliphatic rings. The van der Waals surface area contributed by atoms with Crippen molar-refractivity contribution in [1.29, 1.82) is 0 Å². The van der Waals surface area contributed by atoms with E-state index in [-0.39, 0.29) is 19.8 Å². The van der Waals surface area contributed by atoms with Crippen LogP contribution in [0.2, 0.25) is 0 Å². The van der Waals surface area contributed by atoms with Gasteiger partial charge in [-0.05, 0) is 57.8 Å². The summed E-state index contributed by atoms with van der Waals surface area (Å²) in [5.74, 6) is 0. The average Bonchev–Trinajstić information content (AvgIpc) is 2.71. The van der Waals surface area contributed by atoms with Gasteiger partial charge < -0.3 is 19.8 Å². The minimum atomic E-state index is -0.750. The average molecular weight is 412 g/mol. The van der Waals surface area contributed by atoms with Crippen molar-refractivity contribution in [3.8, 4) is 0 Å². The molecule has 0 bridgehead atoms. The van der Waals surface area contributed by atoms with Gasteiger partial charge in [-0.3, -0.25) is 0 Å². The zero-order valence-corrected chi connectivity index (χ0v) is 17.4. The van der Waals surface area contributed by atoms with Crippen molar-refractivity contribution in [3.63, 3.8) is 0 Å². The minimum Gasteiger partial charge on any atom is -0.394 e. The van der Waals surface area contributed by atoms with Crippen molar-refractivity contribution in [2.45, 2.75) is 63.9 Å². The molecule has 0 saturated heterocycles. The number of allylic oxidation sites excluding steroid dienone is 8. The summed E-state index contributed by atoms with van der Waals surface area (Å²) in [7, 11) is 0. The van der Waals surface area contributed by atoms with Crippen LogP contribution in [0.4, 0.5) is 0 Å². The molecule has 29 heavy (non-hydrogen) atoms. The fourth-order valence-corrected chi connectivity index (χ4v) is 2.33. The predicted molar refractivity (Wildman–Crippen MR) is 115 cm³/mol. The monoisotopic (exact) mass is 411 g/mol. The maximum absolute atomic E-state index is 9.96. The van der Waals surface area contributed by atoms with Crippen molar-refractivity contribution >= 4 is 0 Å². The SMILES string of the molecule is O=[N+]([O-])OCCCC/C=C\C/C=C\C/C=C\C/C=C\CCCCOC(CO)CO. The van der Waals surface area contributed by atoms with Crippen LogP contribution in [-0.2, 0) is 9.57 Å². The number of hydrogen-bond donors (Lipinski definition) is 2. The predicted octanol–water partition coefficient (Wildman–Crippen LogP) is 4.30. The van der Waals surface area contributed by atoms with Crippen molar-refractivity contribution in [2.24, 2.45) is 0 Å². The molecule has 0 atom stereocenters. The lowest BCUT2D eigenvalue weighted by Crippen LogP contribution is -2.22. The summed E-state index contributed by atoms with van der Waals surface area (Å²) in [6.07, 6.45) is 24.9. The molecule has 0 fully saturated rings. The number of unbranched alkanes of at least 4 members (excludes halogenated alkanes) is 4. The molecule has 0 aliphatic heterocycles. The maximum atomic E-state index is 9.96. The van der Waals surface area contributed by atoms with E-state index in [1.807, 2.05) is 0 Å². The Hall–Kier alpha value is -1.96. The third-order valence-corrected chi connectivity index (χ3v) is 3.97. The first kappa shape index (κ1) is 27.0. The molecule has 0 aliphatic carbocycles. The number of aliphatic hydroxyl groups excluding tert-OH is 2. The first-order valence-corrected chi connectivity index (χ1v) is 10.4. The summed E-state index contributed by atoms with van der Waals surface area (Å²) >= 11 is 0. The largest absolute Gasteiger partial charge is 0.394 e. The standard InChI is InChI=1S/C22H37NO6/c24-20-22(21-25)28-18-16-14-12-10-8-6-4-2-1-3-5-7-9-11-13-15-17-19-29-23(26)27/h2-5,8-11,22,24-25H,1,6-7,12-21H2/b4-2-,5-3-,10-8-,11-9-. The number of aliphatic hydroxyl groups is 2. The number of nitrogens with zero attached hydrogens (tertiary/aromatic N) is 1. The van der Waals surface area contributed by atoms with Crippen LogP contribution in [-0.4, -0.2) is 47.8 Å². The van der Waals surface area contributed by atoms with E-state index in [0.29, 0.717) is 13.0 Å². The molecular weight excluding hydrogens is 374 g/mol. The van der Waals surface area contributed by atoms with E-state index in [1.165, 1.54) is 0 Å². The molecule has 0 rings (SSSR count). The van der Waals surface area contributed by atoms with E-state index in [1.54, 1.807) is 0 Å². The van der Waals surface area contributed by atoms with Crippen LogP contribution in [0.15, 0.2) is 48.6 Å². The van der Waals surface area contributed by atoms with E-state index in [0.717, 1.165) is 51.4 Å². The lowest BCUT2D eigenvalue weighted by Gasteiger charge is -2.11. The van der Waals surface area contributed by atoms with Gasteiger partial charge in [-0.15, -0.1) is 10.1 Å². The van der Waals surface area contributed by atoms with Gasteiger partial charge in [0.1, 0.15) is 6.10 Å². The summed E-state index contributed by atoms with van der Waals surface area (Å²) < 4.78 is 5.31. The van der Waals surface area contributed by atoms with Gasteiger partial charge in [-0.1, -0.05) is 48.6 Å². The Morgan fingerprint density at radius 1 is 0.724 bits per heavy atom. The van der Waals surface area contributed by atoms with Crippen molar-refractivity contribution < 1.29 is 24.9 Å². The second-order valence-electron chi connectivity index (χ2n) is 6.50. The number of rotatable bonds is 20. The van der Waals surface area contributed by atoms with Crippen molar-refractivity contribution in [3.05, 3.63) is 58.7 Å². The summed E-state index contributed by atoms with van der Waals surface area (Å²) in [5, 5.41) is 27.0. The van der Waals surface area contributed by atoms with Gasteiger partial charge in [0.15, 0.2) is 0 Å². The summed E-state index contributed by atoms with van der Waals surface area (Å²) in [5.41, 5.74) is 0. The van der Waals surface area contributed by atoms with Crippen LogP contribution in [0.3, 0.4) is 0 Å². The van der Waals surface area contributed by atoms with Gasteiger partial charge in [-0.2, -0.15) is 0 Å². The van der Waals surface area contributed by atoms with Crippen molar-refractivity contribution in [2.75, 3.05) is 26.4 Å². The Balaban J connectivity index is 3.42. The van der Waals surface area contributed by atoms with Crippen LogP contribution in [0, 0.1) is 10.1 Å². The highest BCUT2D eigenvalue weighted by Gasteiger charge is 2.03. The Labute approximate surface area is 174 Å². The minimum absolute atomic E-state index is 0.139. The fourth-order valence-electron chi connectivity index (χ4n) is 2.33. The van der Waals surface area contributed by atoms with Gasteiger partial charge >= 0.3 is 0 Å². The number of ether oxygens (including phenoxy) is 1. The first-order chi connectivity index (χ1) is 14.2. The van der Waals surface area contributed by atoms with Crippen LogP contribution in [0.25, 0.3) is 0 Å². The third kappa shape index (κ3) is 22.2. The molecule has 0 saturated carbocycles. The van der Waals surface area contributed by atoms with E-state index < -0.39 is 11.2 Å². The molecule has 7 heteroatoms. The van der Waals surface area contributed by atoms with Gasteiger partial charge in [0.2, 0.25) is 0 Å². The summed E-state index contributed by atoms with van der Waals surface area (Å²) in [4.78, 5) is 14.2. The lowest BCUT2D eigenvalue weighted by molar-refractivity contribution is -0.757. The lowest BCUT2D eigenvalue weighted by atomic mass is 10.2. The fraction of sp³-hybridized carbons (Fsp3) is 0.636. The smallest absolute Gasteiger partial charge is 0.294 e. The second-order valence-corrected chi connectivity index (χ2v) is 6.50. The van der Waals surface area contributed by atoms with Gasteiger partial charge in [0, 0.05) is 6.61 Å². The Morgan fingerprint density at radius 3 is 1.62 bits per heavy atom. The number of hydrogen-bond acceptors (Lipinski definition) is 6. The molecule has 0 spiro atoms. The van der Waals surface area contributed by atoms with Crippen LogP contribution in [0.5, 0.6) is 0 Å². The highest BCUT2D eigenvalue weighted by atomic mass is 16.9. The molecule has 0 amide bonds. The topological polar surface area (TPSA) is 102 Å². The molecule has 0 heterocycles. The van der Waals surface area contributed by atoms with E-state index in [9.17, 15) is 10.1 Å². The second kappa shape index (κ2) is 22.3. The quantitative estimate of drug-likeness (QED) is 0.134. The molecule has 0 radical (unpaired) electrons. The van der Waals surface area contributed by atoms with Crippen LogP contribution < -0.4 is 0 Å². The normalized spacial score (nSPS) is 12.4. The molecule has 166 valence electrons. The van der Waals surface area contributed by atoms with Crippen LogP contribution >= 0.6 is 0 Å². The summed E-state index contributed by atoms with van der Waals surface area (Å²) in [6, 6.07) is 0. The first-order valence-electron chi connectivity index (χ1n) is 10.4. The molecule has 0 aromatic rings. The molecule has 0 unspecified atom stereocenters. The van der Waals surface area contributed by atoms with E-state index in [4.69, 9.17) is 14.9 Å². The van der Waals surface area contributed by atoms with E-state index >= 15 is 0 Å². The molecule has 7 nitrogen and oxygen atoms in total. The van der Waals surface area contributed by atoms with Gasteiger partial charge in [-0.25, -0.2) is 0 Å². The molecule has 2 N–H and O–H groups in total. The van der Waals surface area contributed by atoms with Crippen molar-refractivity contribution in [1.82, 2.24) is 0 Å². The summed E-state index contributed by atoms with van der Waals surface area (Å²) in [6.45, 7) is 0.467. The Bertz CT molecular complexity index is 484. The highest BCUT2D eigenvalue weighted by Crippen LogP contribution is 2.02. The Morgan fingerprint density at radius 2 is 1.17 bits per heavy atom. The highest BCUT2D eigenvalue weighted by molar-refractivity contribution is 4.99. The maximum Gasteiger partial charge on any atom is 0.294 e. The zero-order chi connectivity index (χ0) is 21.4. The molecule has 0 aromatic carbocycles. The molecular formula is C22H37NO6. The Kier molecular flexibility index (Phi) is 20.8. The van der Waals surface area contributed by atoms with Crippen LogP contribution in [0.1, 0.15) is 57.8 Å². The van der Waals surface area contributed by atoms with Gasteiger partial charge in [0.25, 0.3) is 5.09 Å². The third-order valence-electron chi connectivity index (χ3n) is 3.97. The van der Waals surface area contributed by atoms with Gasteiger partial charge in [0.05, 0.1) is 19.8 Å².